The second-order valence-electron chi connectivity index (χ2n) is 4.43. The van der Waals surface area contributed by atoms with Gasteiger partial charge in [-0.05, 0) is 29.6 Å². The lowest BCUT2D eigenvalue weighted by molar-refractivity contribution is -0.138. The highest BCUT2D eigenvalue weighted by Gasteiger charge is 2.33. The van der Waals surface area contributed by atoms with Crippen molar-refractivity contribution >= 4 is 33.2 Å². The minimum Gasteiger partial charge on any atom is -0.337 e. The molecule has 1 amide bonds. The summed E-state index contributed by atoms with van der Waals surface area (Å²) in [7, 11) is 1.57. The van der Waals surface area contributed by atoms with Gasteiger partial charge in [0.1, 0.15) is 0 Å². The number of halogens is 4. The molecule has 0 bridgehead atoms. The van der Waals surface area contributed by atoms with Crippen molar-refractivity contribution in [3.63, 3.8) is 0 Å². The molecule has 2 rings (SSSR count). The van der Waals surface area contributed by atoms with Gasteiger partial charge in [-0.25, -0.2) is 0 Å². The number of thiophene rings is 1. The Bertz CT molecular complexity index is 640. The summed E-state index contributed by atoms with van der Waals surface area (Å²) < 4.78 is 38.5. The molecule has 0 unspecified atom stereocenters. The van der Waals surface area contributed by atoms with Crippen LogP contribution in [0.3, 0.4) is 0 Å². The van der Waals surface area contributed by atoms with Gasteiger partial charge < -0.3 is 4.90 Å². The Morgan fingerprint density at radius 2 is 2.05 bits per heavy atom. The van der Waals surface area contributed by atoms with Gasteiger partial charge in [0.15, 0.2) is 0 Å². The molecule has 0 saturated carbocycles. The van der Waals surface area contributed by atoms with Crippen LogP contribution in [-0.2, 0) is 12.7 Å². The van der Waals surface area contributed by atoms with Crippen LogP contribution in [-0.4, -0.2) is 17.9 Å². The van der Waals surface area contributed by atoms with Gasteiger partial charge in [0, 0.05) is 22.0 Å². The van der Waals surface area contributed by atoms with Crippen molar-refractivity contribution in [2.75, 3.05) is 7.05 Å². The number of alkyl halides is 3. The zero-order valence-corrected chi connectivity index (χ0v) is 13.3. The minimum absolute atomic E-state index is 0.0181. The third-order valence-electron chi connectivity index (χ3n) is 2.84. The molecule has 0 aliphatic carbocycles. The molecule has 1 aromatic carbocycles. The van der Waals surface area contributed by atoms with E-state index >= 15 is 0 Å². The predicted octanol–water partition coefficient (Wildman–Crippen LogP) is 4.80. The third kappa shape index (κ3) is 3.85. The summed E-state index contributed by atoms with van der Waals surface area (Å²) in [5.74, 6) is -0.443. The van der Waals surface area contributed by atoms with Crippen LogP contribution in [0, 0.1) is 0 Å². The van der Waals surface area contributed by atoms with Crippen molar-refractivity contribution in [3.05, 3.63) is 56.2 Å². The van der Waals surface area contributed by atoms with Gasteiger partial charge in [0.2, 0.25) is 0 Å². The summed E-state index contributed by atoms with van der Waals surface area (Å²) in [4.78, 5) is 14.6. The molecule has 0 spiro atoms. The zero-order chi connectivity index (χ0) is 15.6. The quantitative estimate of drug-likeness (QED) is 0.751. The van der Waals surface area contributed by atoms with Gasteiger partial charge in [-0.3, -0.25) is 4.79 Å². The zero-order valence-electron chi connectivity index (χ0n) is 10.9. The standard InChI is InChI=1S/C14H11BrF3NOS/c1-19(8-10-3-2-6-21-10)13(20)9-4-5-12(15)11(7-9)14(16,17)18/h2-7H,8H2,1H3. The van der Waals surface area contributed by atoms with Gasteiger partial charge >= 0.3 is 6.18 Å². The summed E-state index contributed by atoms with van der Waals surface area (Å²) in [6.45, 7) is 0.369. The molecular weight excluding hydrogens is 367 g/mol. The molecule has 2 nitrogen and oxygen atoms in total. The maximum Gasteiger partial charge on any atom is 0.417 e. The monoisotopic (exact) mass is 377 g/mol. The van der Waals surface area contributed by atoms with E-state index in [4.69, 9.17) is 0 Å². The second kappa shape index (κ2) is 6.19. The largest absolute Gasteiger partial charge is 0.417 e. The molecule has 21 heavy (non-hydrogen) atoms. The van der Waals surface area contributed by atoms with Crippen LogP contribution in [0.15, 0.2) is 40.2 Å². The van der Waals surface area contributed by atoms with E-state index in [0.29, 0.717) is 6.54 Å². The van der Waals surface area contributed by atoms with E-state index in [-0.39, 0.29) is 10.0 Å². The van der Waals surface area contributed by atoms with Gasteiger partial charge in [0.05, 0.1) is 12.1 Å². The fraction of sp³-hybridized carbons (Fsp3) is 0.214. The minimum atomic E-state index is -4.50. The Morgan fingerprint density at radius 3 is 2.62 bits per heavy atom. The average Bonchev–Trinajstić information content (AvgIpc) is 2.90. The number of carbonyl (C=O) groups excluding carboxylic acids is 1. The summed E-state index contributed by atoms with van der Waals surface area (Å²) in [6, 6.07) is 7.23. The van der Waals surface area contributed by atoms with Crippen molar-refractivity contribution in [3.8, 4) is 0 Å². The van der Waals surface area contributed by atoms with Crippen LogP contribution < -0.4 is 0 Å². The van der Waals surface area contributed by atoms with Crippen LogP contribution in [0.1, 0.15) is 20.8 Å². The Balaban J connectivity index is 2.23. The highest BCUT2D eigenvalue weighted by atomic mass is 79.9. The molecule has 0 radical (unpaired) electrons. The van der Waals surface area contributed by atoms with Crippen LogP contribution in [0.25, 0.3) is 0 Å². The van der Waals surface area contributed by atoms with Crippen molar-refractivity contribution in [1.82, 2.24) is 4.90 Å². The SMILES string of the molecule is CN(Cc1cccs1)C(=O)c1ccc(Br)c(C(F)(F)F)c1. The van der Waals surface area contributed by atoms with E-state index in [9.17, 15) is 18.0 Å². The molecule has 0 atom stereocenters. The maximum atomic E-state index is 12.8. The van der Waals surface area contributed by atoms with E-state index in [0.717, 1.165) is 10.9 Å². The molecule has 112 valence electrons. The fourth-order valence-electron chi connectivity index (χ4n) is 1.80. The number of rotatable bonds is 3. The van der Waals surface area contributed by atoms with E-state index in [1.165, 1.54) is 28.4 Å². The summed E-state index contributed by atoms with van der Waals surface area (Å²) >= 11 is 4.35. The summed E-state index contributed by atoms with van der Waals surface area (Å²) in [6.07, 6.45) is -4.50. The van der Waals surface area contributed by atoms with Gasteiger partial charge in [-0.1, -0.05) is 22.0 Å². The first-order valence-corrected chi connectivity index (χ1v) is 7.61. The summed E-state index contributed by atoms with van der Waals surface area (Å²) in [5, 5.41) is 1.88. The Labute approximate surface area is 132 Å². The molecule has 0 N–H and O–H groups in total. The molecule has 0 saturated heterocycles. The van der Waals surface area contributed by atoms with Crippen molar-refractivity contribution in [2.45, 2.75) is 12.7 Å². The fourth-order valence-corrected chi connectivity index (χ4v) is 3.03. The lowest BCUT2D eigenvalue weighted by Gasteiger charge is -2.17. The molecule has 0 fully saturated rings. The topological polar surface area (TPSA) is 20.3 Å². The molecular formula is C14H11BrF3NOS. The first-order valence-electron chi connectivity index (χ1n) is 5.93. The summed E-state index contributed by atoms with van der Waals surface area (Å²) in [5.41, 5.74) is -0.831. The molecule has 1 aromatic heterocycles. The maximum absolute atomic E-state index is 12.8. The van der Waals surface area contributed by atoms with Crippen LogP contribution in [0.4, 0.5) is 13.2 Å². The average molecular weight is 378 g/mol. The van der Waals surface area contributed by atoms with Crippen molar-refractivity contribution in [1.29, 1.82) is 0 Å². The Morgan fingerprint density at radius 1 is 1.33 bits per heavy atom. The second-order valence-corrected chi connectivity index (χ2v) is 6.32. The van der Waals surface area contributed by atoms with Gasteiger partial charge in [-0.2, -0.15) is 13.2 Å². The lowest BCUT2D eigenvalue weighted by Crippen LogP contribution is -2.26. The number of benzene rings is 1. The number of nitrogens with zero attached hydrogens (tertiary/aromatic N) is 1. The first-order chi connectivity index (χ1) is 9.79. The molecule has 1 heterocycles. The van der Waals surface area contributed by atoms with E-state index in [2.05, 4.69) is 15.9 Å². The Hall–Kier alpha value is -1.34. The van der Waals surface area contributed by atoms with Crippen LogP contribution in [0.2, 0.25) is 0 Å². The Kier molecular flexibility index (Phi) is 4.73. The third-order valence-corrected chi connectivity index (χ3v) is 4.39. The lowest BCUT2D eigenvalue weighted by atomic mass is 10.1. The number of amides is 1. The first kappa shape index (κ1) is 16.0. The van der Waals surface area contributed by atoms with E-state index in [1.807, 2.05) is 17.5 Å². The number of hydrogen-bond acceptors (Lipinski definition) is 2. The van der Waals surface area contributed by atoms with Crippen LogP contribution in [0.5, 0.6) is 0 Å². The van der Waals surface area contributed by atoms with Crippen molar-refractivity contribution in [2.24, 2.45) is 0 Å². The van der Waals surface area contributed by atoms with E-state index < -0.39 is 17.6 Å². The van der Waals surface area contributed by atoms with Gasteiger partial charge in [0.25, 0.3) is 5.91 Å². The molecule has 7 heteroatoms. The number of carbonyl (C=O) groups is 1. The van der Waals surface area contributed by atoms with Crippen molar-refractivity contribution < 1.29 is 18.0 Å². The molecule has 0 aliphatic rings. The predicted molar refractivity (Wildman–Crippen MR) is 79.3 cm³/mol. The van der Waals surface area contributed by atoms with Gasteiger partial charge in [-0.15, -0.1) is 11.3 Å². The molecule has 2 aromatic rings. The van der Waals surface area contributed by atoms with Crippen LogP contribution >= 0.6 is 27.3 Å². The van der Waals surface area contributed by atoms with E-state index in [1.54, 1.807) is 7.05 Å². The smallest absolute Gasteiger partial charge is 0.337 e. The highest BCUT2D eigenvalue weighted by Crippen LogP contribution is 2.35. The normalized spacial score (nSPS) is 11.5. The molecule has 0 aliphatic heterocycles. The number of hydrogen-bond donors (Lipinski definition) is 0. The highest BCUT2D eigenvalue weighted by molar-refractivity contribution is 9.10.